The molecule has 2 rings (SSSR count). The summed E-state index contributed by atoms with van der Waals surface area (Å²) in [6.45, 7) is 6.28. The number of nitrogens with two attached hydrogens (primary N) is 1. The molecular formula is C14H16N2. The lowest BCUT2D eigenvalue weighted by molar-refractivity contribution is 1.28. The number of aryl methyl sites for hydroxylation is 3. The van der Waals surface area contributed by atoms with E-state index in [-0.39, 0.29) is 0 Å². The van der Waals surface area contributed by atoms with Crippen LogP contribution >= 0.6 is 0 Å². The van der Waals surface area contributed by atoms with Crippen molar-refractivity contribution in [1.82, 2.24) is 4.98 Å². The molecule has 1 heterocycles. The van der Waals surface area contributed by atoms with Crippen LogP contribution in [-0.4, -0.2) is 4.98 Å². The van der Waals surface area contributed by atoms with Crippen LogP contribution in [0.5, 0.6) is 0 Å². The van der Waals surface area contributed by atoms with Crippen molar-refractivity contribution in [2.45, 2.75) is 20.8 Å². The minimum Gasteiger partial charge on any atom is -0.383 e. The van der Waals surface area contributed by atoms with Crippen LogP contribution in [0.2, 0.25) is 0 Å². The maximum absolute atomic E-state index is 5.93. The Morgan fingerprint density at radius 3 is 2.31 bits per heavy atom. The molecule has 1 aromatic carbocycles. The fourth-order valence-electron chi connectivity index (χ4n) is 1.85. The van der Waals surface area contributed by atoms with Crippen molar-refractivity contribution in [3.63, 3.8) is 0 Å². The number of hydrogen-bond acceptors (Lipinski definition) is 2. The van der Waals surface area contributed by atoms with Gasteiger partial charge in [-0.05, 0) is 49.1 Å². The third-order valence-corrected chi connectivity index (χ3v) is 2.98. The molecule has 2 aromatic rings. The van der Waals surface area contributed by atoms with Crippen molar-refractivity contribution >= 4 is 5.82 Å². The molecular weight excluding hydrogens is 196 g/mol. The number of aromatic nitrogens is 1. The summed E-state index contributed by atoms with van der Waals surface area (Å²) in [7, 11) is 0. The first kappa shape index (κ1) is 10.7. The summed E-state index contributed by atoms with van der Waals surface area (Å²) < 4.78 is 0. The quantitative estimate of drug-likeness (QED) is 0.788. The fraction of sp³-hybridized carbons (Fsp3) is 0.214. The van der Waals surface area contributed by atoms with Crippen molar-refractivity contribution in [1.29, 1.82) is 0 Å². The normalized spacial score (nSPS) is 10.4. The van der Waals surface area contributed by atoms with Crippen molar-refractivity contribution in [3.05, 3.63) is 47.2 Å². The molecule has 0 aliphatic carbocycles. The largest absolute Gasteiger partial charge is 0.383 e. The molecule has 16 heavy (non-hydrogen) atoms. The predicted octanol–water partition coefficient (Wildman–Crippen LogP) is 3.26. The fourth-order valence-corrected chi connectivity index (χ4v) is 1.85. The lowest BCUT2D eigenvalue weighted by Crippen LogP contribution is -1.96. The van der Waals surface area contributed by atoms with Gasteiger partial charge in [0.2, 0.25) is 0 Å². The number of rotatable bonds is 1. The van der Waals surface area contributed by atoms with Crippen molar-refractivity contribution in [3.8, 4) is 11.1 Å². The van der Waals surface area contributed by atoms with Gasteiger partial charge in [0.25, 0.3) is 0 Å². The average Bonchev–Trinajstić information content (AvgIpc) is 2.23. The van der Waals surface area contributed by atoms with E-state index in [0.29, 0.717) is 5.82 Å². The minimum absolute atomic E-state index is 0.600. The molecule has 0 bridgehead atoms. The highest BCUT2D eigenvalue weighted by molar-refractivity contribution is 5.77. The molecule has 0 fully saturated rings. The van der Waals surface area contributed by atoms with E-state index in [1.54, 1.807) is 6.20 Å². The van der Waals surface area contributed by atoms with E-state index >= 15 is 0 Å². The summed E-state index contributed by atoms with van der Waals surface area (Å²) in [6.07, 6.45) is 1.75. The zero-order valence-electron chi connectivity index (χ0n) is 9.91. The van der Waals surface area contributed by atoms with Crippen LogP contribution in [0.25, 0.3) is 11.1 Å². The first-order valence-corrected chi connectivity index (χ1v) is 5.38. The molecule has 0 radical (unpaired) electrons. The van der Waals surface area contributed by atoms with E-state index in [2.05, 4.69) is 44.0 Å². The summed E-state index contributed by atoms with van der Waals surface area (Å²) in [5, 5.41) is 0. The number of benzene rings is 1. The van der Waals surface area contributed by atoms with Gasteiger partial charge in [0.05, 0.1) is 0 Å². The molecule has 0 atom stereocenters. The molecule has 0 amide bonds. The Kier molecular flexibility index (Phi) is 2.65. The standard InChI is InChI=1S/C14H16N2/c1-9-4-5-12(8-11(9)3)13-10(2)6-7-16-14(13)15/h4-8H,1-3H3,(H2,15,16). The van der Waals surface area contributed by atoms with Crippen LogP contribution in [0, 0.1) is 20.8 Å². The number of nitrogen functional groups attached to an aromatic ring is 1. The smallest absolute Gasteiger partial charge is 0.131 e. The second-order valence-electron chi connectivity index (χ2n) is 4.19. The second-order valence-corrected chi connectivity index (χ2v) is 4.19. The molecule has 82 valence electrons. The van der Waals surface area contributed by atoms with Gasteiger partial charge in [-0.15, -0.1) is 0 Å². The molecule has 0 aliphatic heterocycles. The molecule has 2 nitrogen and oxygen atoms in total. The Balaban J connectivity index is 2.63. The number of nitrogens with zero attached hydrogens (tertiary/aromatic N) is 1. The topological polar surface area (TPSA) is 38.9 Å². The molecule has 0 saturated carbocycles. The first-order chi connectivity index (χ1) is 7.59. The lowest BCUT2D eigenvalue weighted by Gasteiger charge is -2.10. The minimum atomic E-state index is 0.600. The van der Waals surface area contributed by atoms with Gasteiger partial charge in [0, 0.05) is 11.8 Å². The maximum Gasteiger partial charge on any atom is 0.131 e. The third-order valence-electron chi connectivity index (χ3n) is 2.98. The predicted molar refractivity (Wildman–Crippen MR) is 68.3 cm³/mol. The van der Waals surface area contributed by atoms with Crippen LogP contribution in [0.1, 0.15) is 16.7 Å². The monoisotopic (exact) mass is 212 g/mol. The summed E-state index contributed by atoms with van der Waals surface area (Å²) >= 11 is 0. The van der Waals surface area contributed by atoms with Crippen molar-refractivity contribution in [2.75, 3.05) is 5.73 Å². The van der Waals surface area contributed by atoms with Crippen LogP contribution in [0.15, 0.2) is 30.5 Å². The van der Waals surface area contributed by atoms with E-state index in [9.17, 15) is 0 Å². The molecule has 2 heteroatoms. The molecule has 2 N–H and O–H groups in total. The number of pyridine rings is 1. The van der Waals surface area contributed by atoms with Gasteiger partial charge in [0.15, 0.2) is 0 Å². The first-order valence-electron chi connectivity index (χ1n) is 5.38. The Hall–Kier alpha value is -1.83. The molecule has 0 unspecified atom stereocenters. The van der Waals surface area contributed by atoms with E-state index < -0.39 is 0 Å². The summed E-state index contributed by atoms with van der Waals surface area (Å²) in [5.41, 5.74) is 11.9. The van der Waals surface area contributed by atoms with Crippen molar-refractivity contribution in [2.24, 2.45) is 0 Å². The van der Waals surface area contributed by atoms with Crippen molar-refractivity contribution < 1.29 is 0 Å². The number of hydrogen-bond donors (Lipinski definition) is 1. The Labute approximate surface area is 96.1 Å². The summed E-state index contributed by atoms with van der Waals surface area (Å²) in [4.78, 5) is 4.15. The highest BCUT2D eigenvalue weighted by atomic mass is 14.8. The van der Waals surface area contributed by atoms with Gasteiger partial charge >= 0.3 is 0 Å². The molecule has 1 aromatic heterocycles. The van der Waals surface area contributed by atoms with Crippen LogP contribution < -0.4 is 5.73 Å². The van der Waals surface area contributed by atoms with E-state index in [1.807, 2.05) is 6.07 Å². The second kappa shape index (κ2) is 3.97. The van der Waals surface area contributed by atoms with Gasteiger partial charge in [0.1, 0.15) is 5.82 Å². The van der Waals surface area contributed by atoms with E-state index in [4.69, 9.17) is 5.73 Å². The molecule has 0 saturated heterocycles. The highest BCUT2D eigenvalue weighted by Gasteiger charge is 2.07. The average molecular weight is 212 g/mol. The Bertz CT molecular complexity index is 510. The summed E-state index contributed by atoms with van der Waals surface area (Å²) in [6, 6.07) is 8.37. The zero-order valence-corrected chi connectivity index (χ0v) is 9.91. The maximum atomic E-state index is 5.93. The van der Waals surface area contributed by atoms with Gasteiger partial charge in [-0.3, -0.25) is 0 Å². The van der Waals surface area contributed by atoms with Crippen LogP contribution in [-0.2, 0) is 0 Å². The van der Waals surface area contributed by atoms with Gasteiger partial charge in [-0.1, -0.05) is 18.2 Å². The Morgan fingerprint density at radius 1 is 0.938 bits per heavy atom. The van der Waals surface area contributed by atoms with Gasteiger partial charge < -0.3 is 5.73 Å². The van der Waals surface area contributed by atoms with Gasteiger partial charge in [-0.25, -0.2) is 4.98 Å². The van der Waals surface area contributed by atoms with Gasteiger partial charge in [-0.2, -0.15) is 0 Å². The molecule has 0 aliphatic rings. The third kappa shape index (κ3) is 1.78. The SMILES string of the molecule is Cc1ccc(-c2c(C)ccnc2N)cc1C. The van der Waals surface area contributed by atoms with Crippen LogP contribution in [0.3, 0.4) is 0 Å². The van der Waals surface area contributed by atoms with E-state index in [0.717, 1.165) is 16.7 Å². The Morgan fingerprint density at radius 2 is 1.69 bits per heavy atom. The highest BCUT2D eigenvalue weighted by Crippen LogP contribution is 2.28. The van der Waals surface area contributed by atoms with Crippen LogP contribution in [0.4, 0.5) is 5.82 Å². The zero-order chi connectivity index (χ0) is 11.7. The van der Waals surface area contributed by atoms with E-state index in [1.165, 1.54) is 11.1 Å². The number of anilines is 1. The summed E-state index contributed by atoms with van der Waals surface area (Å²) in [5.74, 6) is 0.600. The lowest BCUT2D eigenvalue weighted by atomic mass is 9.98. The molecule has 0 spiro atoms.